The van der Waals surface area contributed by atoms with Gasteiger partial charge in [-0.3, -0.25) is 10.1 Å². The van der Waals surface area contributed by atoms with E-state index in [1.165, 1.54) is 13.0 Å². The number of aliphatic hydroxyl groups is 1. The molecule has 56 valence electrons. The van der Waals surface area contributed by atoms with Crippen LogP contribution in [0.25, 0.3) is 0 Å². The summed E-state index contributed by atoms with van der Waals surface area (Å²) in [6.07, 6.45) is 1.42. The van der Waals surface area contributed by atoms with Crippen LogP contribution in [0.5, 0.6) is 0 Å². The van der Waals surface area contributed by atoms with Crippen LogP contribution in [0, 0.1) is 10.1 Å². The van der Waals surface area contributed by atoms with E-state index in [4.69, 9.17) is 5.11 Å². The molecule has 0 aromatic carbocycles. The average molecular weight is 145 g/mol. The Morgan fingerprint density at radius 1 is 2.00 bits per heavy atom. The van der Waals surface area contributed by atoms with Crippen molar-refractivity contribution in [1.29, 1.82) is 0 Å². The Bertz CT molecular complexity index is 196. The summed E-state index contributed by atoms with van der Waals surface area (Å²) < 4.78 is 4.53. The van der Waals surface area contributed by atoms with E-state index in [1.54, 1.807) is 0 Å². The van der Waals surface area contributed by atoms with Crippen LogP contribution in [-0.2, 0) is 4.74 Å². The van der Waals surface area contributed by atoms with E-state index in [1.807, 2.05) is 0 Å². The molecule has 1 aliphatic heterocycles. The fraction of sp³-hybridized carbons (Fsp3) is 0.600. The van der Waals surface area contributed by atoms with Gasteiger partial charge in [-0.1, -0.05) is 0 Å². The zero-order valence-corrected chi connectivity index (χ0v) is 5.40. The lowest BCUT2D eigenvalue weighted by atomic mass is 10.2. The topological polar surface area (TPSA) is 72.6 Å². The number of nitro groups is 1. The molecule has 1 atom stereocenters. The van der Waals surface area contributed by atoms with Gasteiger partial charge in [0.05, 0.1) is 0 Å². The van der Waals surface area contributed by atoms with Crippen molar-refractivity contribution in [3.05, 3.63) is 22.1 Å². The van der Waals surface area contributed by atoms with Gasteiger partial charge in [0.1, 0.15) is 4.92 Å². The first-order valence-corrected chi connectivity index (χ1v) is 2.77. The lowest BCUT2D eigenvalue weighted by Crippen LogP contribution is -2.23. The van der Waals surface area contributed by atoms with Gasteiger partial charge in [-0.15, -0.1) is 0 Å². The highest BCUT2D eigenvalue weighted by molar-refractivity contribution is 4.95. The van der Waals surface area contributed by atoms with Gasteiger partial charge < -0.3 is 9.84 Å². The zero-order chi connectivity index (χ0) is 7.78. The second-order valence-corrected chi connectivity index (χ2v) is 2.28. The van der Waals surface area contributed by atoms with Gasteiger partial charge in [-0.2, -0.15) is 0 Å². The predicted octanol–water partition coefficient (Wildman–Crippen LogP) is 0.233. The summed E-state index contributed by atoms with van der Waals surface area (Å²) in [5.74, 6) is -1.76. The van der Waals surface area contributed by atoms with Crippen LogP contribution in [0.2, 0.25) is 0 Å². The summed E-state index contributed by atoms with van der Waals surface area (Å²) in [7, 11) is 0. The van der Waals surface area contributed by atoms with Crippen molar-refractivity contribution in [2.45, 2.75) is 19.1 Å². The monoisotopic (exact) mass is 145 g/mol. The van der Waals surface area contributed by atoms with E-state index in [0.717, 1.165) is 0 Å². The Labute approximate surface area is 57.1 Å². The molecule has 1 unspecified atom stereocenters. The first-order chi connectivity index (χ1) is 4.51. The number of hydrogen-bond acceptors (Lipinski definition) is 4. The minimum absolute atomic E-state index is 0.170. The van der Waals surface area contributed by atoms with Gasteiger partial charge in [-0.05, 0) is 0 Å². The van der Waals surface area contributed by atoms with E-state index in [2.05, 4.69) is 4.74 Å². The maximum atomic E-state index is 9.99. The molecule has 0 aliphatic carbocycles. The Hall–Kier alpha value is -1.10. The summed E-state index contributed by atoms with van der Waals surface area (Å²) in [5.41, 5.74) is 0. The van der Waals surface area contributed by atoms with E-state index in [-0.39, 0.29) is 12.3 Å². The second-order valence-electron chi connectivity index (χ2n) is 2.28. The van der Waals surface area contributed by atoms with Crippen molar-refractivity contribution in [1.82, 2.24) is 0 Å². The number of hydrogen-bond donors (Lipinski definition) is 1. The van der Waals surface area contributed by atoms with E-state index in [0.29, 0.717) is 0 Å². The molecule has 0 radical (unpaired) electrons. The van der Waals surface area contributed by atoms with Crippen molar-refractivity contribution in [2.24, 2.45) is 0 Å². The average Bonchev–Trinajstić information content (AvgIpc) is 2.10. The minimum atomic E-state index is -1.39. The highest BCUT2D eigenvalue weighted by Crippen LogP contribution is 2.24. The molecule has 5 nitrogen and oxygen atoms in total. The van der Waals surface area contributed by atoms with Crippen LogP contribution < -0.4 is 0 Å². The first-order valence-electron chi connectivity index (χ1n) is 2.77. The molecule has 0 aromatic heterocycles. The summed E-state index contributed by atoms with van der Waals surface area (Å²) >= 11 is 0. The fourth-order valence-electron chi connectivity index (χ4n) is 0.697. The van der Waals surface area contributed by atoms with Gasteiger partial charge >= 0.3 is 5.88 Å². The Balaban J connectivity index is 2.64. The molecule has 10 heavy (non-hydrogen) atoms. The van der Waals surface area contributed by atoms with Gasteiger partial charge in [0.15, 0.2) is 0 Å². The second kappa shape index (κ2) is 1.95. The number of ether oxygens (including phenoxy) is 1. The van der Waals surface area contributed by atoms with Crippen LogP contribution in [0.1, 0.15) is 13.3 Å². The molecule has 0 spiro atoms. The minimum Gasteiger partial charge on any atom is -0.408 e. The van der Waals surface area contributed by atoms with E-state index < -0.39 is 10.7 Å². The Morgan fingerprint density at radius 3 is 2.80 bits per heavy atom. The fourth-order valence-corrected chi connectivity index (χ4v) is 0.697. The highest BCUT2D eigenvalue weighted by Gasteiger charge is 2.34. The molecule has 1 rings (SSSR count). The van der Waals surface area contributed by atoms with Crippen molar-refractivity contribution in [2.75, 3.05) is 0 Å². The quantitative estimate of drug-likeness (QED) is 0.423. The van der Waals surface area contributed by atoms with Crippen LogP contribution in [-0.4, -0.2) is 15.8 Å². The van der Waals surface area contributed by atoms with Crippen LogP contribution >= 0.6 is 0 Å². The van der Waals surface area contributed by atoms with Crippen LogP contribution in [0.3, 0.4) is 0 Å². The van der Waals surface area contributed by atoms with Crippen molar-refractivity contribution in [3.63, 3.8) is 0 Å². The Morgan fingerprint density at radius 2 is 2.60 bits per heavy atom. The lowest BCUT2D eigenvalue weighted by Gasteiger charge is -2.13. The van der Waals surface area contributed by atoms with E-state index in [9.17, 15) is 10.1 Å². The Kier molecular flexibility index (Phi) is 1.37. The first kappa shape index (κ1) is 7.01. The number of rotatable bonds is 1. The summed E-state index contributed by atoms with van der Waals surface area (Å²) in [6, 6.07) is 0. The van der Waals surface area contributed by atoms with Crippen molar-refractivity contribution in [3.8, 4) is 0 Å². The molecule has 0 bridgehead atoms. The molecule has 1 aliphatic rings. The summed E-state index contributed by atoms with van der Waals surface area (Å²) in [6.45, 7) is 1.38. The third-order valence-electron chi connectivity index (χ3n) is 1.16. The van der Waals surface area contributed by atoms with Gasteiger partial charge in [0.25, 0.3) is 0 Å². The molecular formula is C5H7NO4. The molecule has 0 amide bonds. The largest absolute Gasteiger partial charge is 0.426 e. The van der Waals surface area contributed by atoms with Crippen molar-refractivity contribution >= 4 is 0 Å². The normalized spacial score (nSPS) is 31.2. The van der Waals surface area contributed by atoms with Crippen molar-refractivity contribution < 1.29 is 14.8 Å². The standard InChI is InChI=1S/C5H7NO4/c1-5(7)3-2-4(10-5)6(8)9/h2,7H,3H2,1H3. The molecule has 0 saturated carbocycles. The molecule has 1 N–H and O–H groups in total. The number of nitrogens with zero attached hydrogens (tertiary/aromatic N) is 1. The SMILES string of the molecule is CC1(O)CC=C([N+](=O)[O-])O1. The third-order valence-corrected chi connectivity index (χ3v) is 1.16. The highest BCUT2D eigenvalue weighted by atomic mass is 16.7. The van der Waals surface area contributed by atoms with E-state index >= 15 is 0 Å². The van der Waals surface area contributed by atoms with Gasteiger partial charge in [0.2, 0.25) is 5.79 Å². The predicted molar refractivity (Wildman–Crippen MR) is 31.4 cm³/mol. The zero-order valence-electron chi connectivity index (χ0n) is 5.40. The van der Waals surface area contributed by atoms with Gasteiger partial charge in [0, 0.05) is 19.4 Å². The van der Waals surface area contributed by atoms with Crippen LogP contribution in [0.4, 0.5) is 0 Å². The lowest BCUT2D eigenvalue weighted by molar-refractivity contribution is -0.474. The molecule has 0 fully saturated rings. The summed E-state index contributed by atoms with van der Waals surface area (Å²) in [5, 5.41) is 19.0. The molecule has 5 heteroatoms. The smallest absolute Gasteiger partial charge is 0.408 e. The van der Waals surface area contributed by atoms with Gasteiger partial charge in [-0.25, -0.2) is 0 Å². The maximum absolute atomic E-state index is 9.99. The molecule has 0 aromatic rings. The molecule has 0 saturated heterocycles. The summed E-state index contributed by atoms with van der Waals surface area (Å²) in [4.78, 5) is 9.33. The van der Waals surface area contributed by atoms with Crippen LogP contribution in [0.15, 0.2) is 12.0 Å². The molecular weight excluding hydrogens is 138 g/mol. The third kappa shape index (κ3) is 1.24. The maximum Gasteiger partial charge on any atom is 0.426 e. The molecule has 1 heterocycles.